The van der Waals surface area contributed by atoms with Crippen molar-refractivity contribution in [2.45, 2.75) is 31.8 Å². The number of ether oxygens (including phenoxy) is 3. The van der Waals surface area contributed by atoms with Gasteiger partial charge in [0.2, 0.25) is 0 Å². The van der Waals surface area contributed by atoms with E-state index in [1.165, 1.54) is 40.1 Å². The number of methoxy groups -OCH3 is 3. The maximum absolute atomic E-state index is 11.6. The summed E-state index contributed by atoms with van der Waals surface area (Å²) in [5, 5.41) is 4.82. The van der Waals surface area contributed by atoms with Gasteiger partial charge in [-0.05, 0) is 51.4 Å². The summed E-state index contributed by atoms with van der Waals surface area (Å²) in [7, 11) is 5.07. The third-order valence-electron chi connectivity index (χ3n) is 7.32. The maximum Gasteiger partial charge on any atom is 0.174 e. The third kappa shape index (κ3) is 2.68. The van der Waals surface area contributed by atoms with Crippen molar-refractivity contribution in [3.05, 3.63) is 41.5 Å². The van der Waals surface area contributed by atoms with Crippen molar-refractivity contribution in [1.29, 1.82) is 0 Å². The van der Waals surface area contributed by atoms with E-state index in [9.17, 15) is 4.79 Å². The summed E-state index contributed by atoms with van der Waals surface area (Å²) >= 11 is 0. The molecule has 0 amide bonds. The second kappa shape index (κ2) is 7.17. The molecule has 0 radical (unpaired) electrons. The number of hydrogen-bond acceptors (Lipinski definition) is 4. The molecule has 2 heterocycles. The van der Waals surface area contributed by atoms with Gasteiger partial charge in [-0.3, -0.25) is 4.79 Å². The molecule has 2 unspecified atom stereocenters. The number of nitrogens with zero attached hydrogens (tertiary/aromatic N) is 1. The largest absolute Gasteiger partial charge is 0.497 e. The lowest BCUT2D eigenvalue weighted by Gasteiger charge is -2.43. The molecule has 2 atom stereocenters. The van der Waals surface area contributed by atoms with E-state index in [1.807, 2.05) is 6.07 Å². The van der Waals surface area contributed by atoms with Crippen molar-refractivity contribution >= 4 is 27.8 Å². The predicted octanol–water partition coefficient (Wildman–Crippen LogP) is 4.25. The number of rotatable bonds is 5. The SMILES string of the molecule is COc1ccc2c(c1)c1c(c3cc(OC)c(OC)cc32)C[N+]2(CC=O)CCCC2C1. The first-order chi connectivity index (χ1) is 14.6. The molecule has 5 rings (SSSR count). The second-order valence-corrected chi connectivity index (χ2v) is 8.57. The zero-order valence-electron chi connectivity index (χ0n) is 17.9. The molecule has 5 nitrogen and oxygen atoms in total. The molecule has 1 fully saturated rings. The lowest BCUT2D eigenvalue weighted by Crippen LogP contribution is -2.55. The molecule has 3 aromatic rings. The Morgan fingerprint density at radius 3 is 2.37 bits per heavy atom. The summed E-state index contributed by atoms with van der Waals surface area (Å²) in [4.78, 5) is 11.6. The van der Waals surface area contributed by atoms with Gasteiger partial charge in [0.1, 0.15) is 18.8 Å². The van der Waals surface area contributed by atoms with E-state index >= 15 is 0 Å². The molecule has 30 heavy (non-hydrogen) atoms. The molecular formula is C25H28NO4+. The van der Waals surface area contributed by atoms with Gasteiger partial charge in [0.15, 0.2) is 17.8 Å². The number of quaternary nitrogens is 1. The predicted molar refractivity (Wildman–Crippen MR) is 118 cm³/mol. The van der Waals surface area contributed by atoms with E-state index in [1.54, 1.807) is 21.3 Å². The highest BCUT2D eigenvalue weighted by Gasteiger charge is 2.46. The highest BCUT2D eigenvalue weighted by molar-refractivity contribution is 6.12. The minimum Gasteiger partial charge on any atom is -0.497 e. The van der Waals surface area contributed by atoms with E-state index in [-0.39, 0.29) is 0 Å². The number of carbonyl (C=O) groups excluding carboxylic acids is 1. The van der Waals surface area contributed by atoms with Crippen molar-refractivity contribution < 1.29 is 23.5 Å². The van der Waals surface area contributed by atoms with Gasteiger partial charge in [-0.2, -0.15) is 0 Å². The quantitative estimate of drug-likeness (QED) is 0.361. The summed E-state index contributed by atoms with van der Waals surface area (Å²) in [6.07, 6.45) is 4.47. The minimum atomic E-state index is 0.509. The van der Waals surface area contributed by atoms with Gasteiger partial charge >= 0.3 is 0 Å². The molecule has 2 aliphatic heterocycles. The number of fused-ring (bicyclic) bond motifs is 7. The Hall–Kier alpha value is -2.79. The van der Waals surface area contributed by atoms with E-state index in [2.05, 4.69) is 24.3 Å². The molecule has 0 spiro atoms. The average Bonchev–Trinajstić information content (AvgIpc) is 3.19. The molecule has 5 heteroatoms. The van der Waals surface area contributed by atoms with Crippen molar-refractivity contribution in [3.63, 3.8) is 0 Å². The van der Waals surface area contributed by atoms with Crippen molar-refractivity contribution in [3.8, 4) is 17.2 Å². The minimum absolute atomic E-state index is 0.509. The van der Waals surface area contributed by atoms with Crippen LogP contribution in [0.3, 0.4) is 0 Å². The fourth-order valence-electron chi connectivity index (χ4n) is 5.83. The van der Waals surface area contributed by atoms with Crippen molar-refractivity contribution in [2.24, 2.45) is 0 Å². The van der Waals surface area contributed by atoms with Crippen LogP contribution in [0.1, 0.15) is 24.0 Å². The van der Waals surface area contributed by atoms with Gasteiger partial charge < -0.3 is 18.7 Å². The van der Waals surface area contributed by atoms with E-state index in [0.717, 1.165) is 52.9 Å². The van der Waals surface area contributed by atoms with Crippen LogP contribution < -0.4 is 14.2 Å². The van der Waals surface area contributed by atoms with E-state index in [4.69, 9.17) is 14.2 Å². The van der Waals surface area contributed by atoms with Gasteiger partial charge in [0.05, 0.1) is 33.9 Å². The summed E-state index contributed by atoms with van der Waals surface area (Å²) < 4.78 is 17.7. The smallest absolute Gasteiger partial charge is 0.174 e. The van der Waals surface area contributed by atoms with Crippen LogP contribution >= 0.6 is 0 Å². The number of hydrogen-bond donors (Lipinski definition) is 0. The Bertz CT molecular complexity index is 1160. The van der Waals surface area contributed by atoms with Gasteiger partial charge in [-0.1, -0.05) is 6.07 Å². The Morgan fingerprint density at radius 1 is 0.933 bits per heavy atom. The molecule has 1 saturated heterocycles. The van der Waals surface area contributed by atoms with E-state index in [0.29, 0.717) is 12.6 Å². The molecule has 0 saturated carbocycles. The zero-order chi connectivity index (χ0) is 20.9. The van der Waals surface area contributed by atoms with E-state index < -0.39 is 0 Å². The molecule has 3 aromatic carbocycles. The fraction of sp³-hybridized carbons (Fsp3) is 0.400. The fourth-order valence-corrected chi connectivity index (χ4v) is 5.83. The van der Waals surface area contributed by atoms with Crippen LogP contribution in [0.4, 0.5) is 0 Å². The standard InChI is InChI=1S/C25H28NO4/c1-28-17-6-7-18-20(12-17)19-11-16-5-4-8-26(16,9-10-27)15-23(19)22-14-25(30-3)24(29-2)13-21(18)22/h6-7,10,12-14,16H,4-5,8-9,11,15H2,1-3H3/q+1. The first-order valence-corrected chi connectivity index (χ1v) is 10.6. The van der Waals surface area contributed by atoms with Crippen LogP contribution in [0.25, 0.3) is 21.5 Å². The maximum atomic E-state index is 11.6. The lowest BCUT2D eigenvalue weighted by atomic mass is 9.84. The highest BCUT2D eigenvalue weighted by atomic mass is 16.5. The molecule has 0 aromatic heterocycles. The molecular weight excluding hydrogens is 378 g/mol. The third-order valence-corrected chi connectivity index (χ3v) is 7.32. The lowest BCUT2D eigenvalue weighted by molar-refractivity contribution is -0.946. The monoisotopic (exact) mass is 406 g/mol. The van der Waals surface area contributed by atoms with Crippen LogP contribution in [0.15, 0.2) is 30.3 Å². The van der Waals surface area contributed by atoms with Crippen LogP contribution in [0, 0.1) is 0 Å². The normalized spacial score (nSPS) is 22.6. The number of aldehydes is 1. The van der Waals surface area contributed by atoms with Crippen molar-refractivity contribution in [1.82, 2.24) is 0 Å². The van der Waals surface area contributed by atoms with Crippen LogP contribution in [-0.2, 0) is 17.8 Å². The Labute approximate surface area is 176 Å². The number of benzene rings is 3. The zero-order valence-corrected chi connectivity index (χ0v) is 17.9. The van der Waals surface area contributed by atoms with Gasteiger partial charge in [-0.15, -0.1) is 0 Å². The summed E-state index contributed by atoms with van der Waals surface area (Å²) in [6, 6.07) is 11.1. The van der Waals surface area contributed by atoms with Gasteiger partial charge in [-0.25, -0.2) is 0 Å². The molecule has 0 bridgehead atoms. The second-order valence-electron chi connectivity index (χ2n) is 8.57. The van der Waals surface area contributed by atoms with Gasteiger partial charge in [0, 0.05) is 24.8 Å². The number of carbonyl (C=O) groups is 1. The topological polar surface area (TPSA) is 44.8 Å². The molecule has 0 aliphatic carbocycles. The highest BCUT2D eigenvalue weighted by Crippen LogP contribution is 2.46. The summed E-state index contributed by atoms with van der Waals surface area (Å²) in [5.74, 6) is 2.34. The molecule has 156 valence electrons. The van der Waals surface area contributed by atoms with Crippen LogP contribution in [0.2, 0.25) is 0 Å². The average molecular weight is 407 g/mol. The Balaban J connectivity index is 1.87. The first-order valence-electron chi connectivity index (χ1n) is 10.6. The van der Waals surface area contributed by atoms with Crippen LogP contribution in [0.5, 0.6) is 17.2 Å². The molecule has 2 aliphatic rings. The Kier molecular flexibility index (Phi) is 4.58. The summed E-state index contributed by atoms with van der Waals surface area (Å²) in [6.45, 7) is 2.56. The van der Waals surface area contributed by atoms with Crippen LogP contribution in [-0.4, -0.2) is 51.2 Å². The van der Waals surface area contributed by atoms with Gasteiger partial charge in [0.25, 0.3) is 0 Å². The van der Waals surface area contributed by atoms with Crippen molar-refractivity contribution in [2.75, 3.05) is 34.4 Å². The Morgan fingerprint density at radius 2 is 1.67 bits per heavy atom. The summed E-state index contributed by atoms with van der Waals surface area (Å²) in [5.41, 5.74) is 2.74. The molecule has 0 N–H and O–H groups in total. The first kappa shape index (κ1) is 19.2.